The van der Waals surface area contributed by atoms with Crippen molar-refractivity contribution in [2.24, 2.45) is 5.92 Å². The van der Waals surface area contributed by atoms with Gasteiger partial charge < -0.3 is 10.1 Å². The van der Waals surface area contributed by atoms with E-state index in [0.29, 0.717) is 37.5 Å². The fourth-order valence-electron chi connectivity index (χ4n) is 5.65. The zero-order valence-corrected chi connectivity index (χ0v) is 23.2. The minimum atomic E-state index is -4.86. The first kappa shape index (κ1) is 29.2. The van der Waals surface area contributed by atoms with Gasteiger partial charge in [-0.1, -0.05) is 42.5 Å². The first-order chi connectivity index (χ1) is 20.2. The Labute approximate surface area is 242 Å². The number of carbonyl (C=O) groups is 3. The Morgan fingerprint density at radius 2 is 1.60 bits per heavy atom. The lowest BCUT2D eigenvalue weighted by Gasteiger charge is -2.21. The molecular formula is C32H32F3N3O4. The molecule has 0 radical (unpaired) electrons. The second kappa shape index (κ2) is 12.3. The van der Waals surface area contributed by atoms with Gasteiger partial charge in [0.15, 0.2) is 0 Å². The molecule has 1 N–H and O–H groups in total. The van der Waals surface area contributed by atoms with E-state index in [0.717, 1.165) is 22.4 Å². The Hall–Kier alpha value is -4.34. The quantitative estimate of drug-likeness (QED) is 0.316. The van der Waals surface area contributed by atoms with Crippen molar-refractivity contribution in [1.29, 1.82) is 0 Å². The number of aryl methyl sites for hydroxylation is 1. The first-order valence-electron chi connectivity index (χ1n) is 14.0. The summed E-state index contributed by atoms with van der Waals surface area (Å²) in [5, 5.41) is 2.97. The summed E-state index contributed by atoms with van der Waals surface area (Å²) < 4.78 is 44.1. The van der Waals surface area contributed by atoms with Gasteiger partial charge in [0, 0.05) is 48.5 Å². The second-order valence-corrected chi connectivity index (χ2v) is 10.5. The fraction of sp³-hybridized carbons (Fsp3) is 0.344. The van der Waals surface area contributed by atoms with Gasteiger partial charge in [-0.05, 0) is 66.8 Å². The number of Topliss-reactive ketones (excluding diaryl/α,β-unsaturated/α-hetero) is 1. The smallest absolute Gasteiger partial charge is 0.450 e. The maximum atomic E-state index is 13.5. The van der Waals surface area contributed by atoms with E-state index in [9.17, 15) is 27.6 Å². The first-order valence-corrected chi connectivity index (χ1v) is 14.0. The molecule has 0 saturated carbocycles. The van der Waals surface area contributed by atoms with Crippen molar-refractivity contribution in [3.8, 4) is 0 Å². The number of hydrogen-bond acceptors (Lipinski definition) is 5. The summed E-state index contributed by atoms with van der Waals surface area (Å²) in [5.74, 6) is -3.33. The molecule has 2 aliphatic rings. The molecular weight excluding hydrogens is 547 g/mol. The normalized spacial score (nSPS) is 17.7. The van der Waals surface area contributed by atoms with Crippen molar-refractivity contribution in [2.75, 3.05) is 41.4 Å². The van der Waals surface area contributed by atoms with Crippen LogP contribution in [-0.4, -0.2) is 50.2 Å². The van der Waals surface area contributed by atoms with Crippen molar-refractivity contribution in [1.82, 2.24) is 0 Å². The van der Waals surface area contributed by atoms with Crippen LogP contribution >= 0.6 is 0 Å². The van der Waals surface area contributed by atoms with Gasteiger partial charge in [-0.2, -0.15) is 13.2 Å². The minimum Gasteiger partial charge on any atom is -0.466 e. The predicted molar refractivity (Wildman–Crippen MR) is 154 cm³/mol. The predicted octanol–water partition coefficient (Wildman–Crippen LogP) is 6.32. The van der Waals surface area contributed by atoms with Gasteiger partial charge in [0.2, 0.25) is 5.78 Å². The molecule has 2 amide bonds. The number of nitrogens with one attached hydrogen (secondary N) is 1. The molecule has 2 atom stereocenters. The third-order valence-corrected chi connectivity index (χ3v) is 7.85. The SMILES string of the molecule is CCOC(=O)CC(c1ccccc1)c1ccc(N2CCN(c3ccc4c(c3)CCC(C(=O)C(F)(F)F)CN4)C2=O)cc1. The van der Waals surface area contributed by atoms with Crippen molar-refractivity contribution in [2.45, 2.75) is 38.3 Å². The van der Waals surface area contributed by atoms with Crippen molar-refractivity contribution in [3.05, 3.63) is 89.5 Å². The zero-order chi connectivity index (χ0) is 29.9. The molecule has 2 aliphatic heterocycles. The van der Waals surface area contributed by atoms with Crippen LogP contribution in [0.25, 0.3) is 0 Å². The summed E-state index contributed by atoms with van der Waals surface area (Å²) in [7, 11) is 0. The van der Waals surface area contributed by atoms with Gasteiger partial charge in [-0.3, -0.25) is 19.4 Å². The molecule has 0 bridgehead atoms. The van der Waals surface area contributed by atoms with Crippen molar-refractivity contribution < 1.29 is 32.3 Å². The lowest BCUT2D eigenvalue weighted by molar-refractivity contribution is -0.175. The number of amides is 2. The molecule has 7 nitrogen and oxygen atoms in total. The summed E-state index contributed by atoms with van der Waals surface area (Å²) in [5.41, 5.74) is 4.74. The number of carbonyl (C=O) groups excluding carboxylic acids is 3. The number of esters is 1. The number of nitrogens with zero attached hydrogens (tertiary/aromatic N) is 2. The molecule has 0 spiro atoms. The molecule has 220 valence electrons. The summed E-state index contributed by atoms with van der Waals surface area (Å²) in [6.45, 7) is 2.91. The molecule has 2 unspecified atom stereocenters. The van der Waals surface area contributed by atoms with Crippen LogP contribution in [0.2, 0.25) is 0 Å². The van der Waals surface area contributed by atoms with E-state index in [1.807, 2.05) is 60.7 Å². The summed E-state index contributed by atoms with van der Waals surface area (Å²) in [4.78, 5) is 40.9. The van der Waals surface area contributed by atoms with E-state index >= 15 is 0 Å². The van der Waals surface area contributed by atoms with Crippen LogP contribution in [0.5, 0.6) is 0 Å². The number of urea groups is 1. The molecule has 3 aromatic rings. The average Bonchev–Trinajstić information content (AvgIpc) is 3.24. The molecule has 5 rings (SSSR count). The van der Waals surface area contributed by atoms with Crippen LogP contribution < -0.4 is 15.1 Å². The molecule has 3 aromatic carbocycles. The minimum absolute atomic E-state index is 0.0777. The number of benzene rings is 3. The maximum Gasteiger partial charge on any atom is 0.450 e. The van der Waals surface area contributed by atoms with Crippen LogP contribution in [0, 0.1) is 5.92 Å². The fourth-order valence-corrected chi connectivity index (χ4v) is 5.65. The lowest BCUT2D eigenvalue weighted by Crippen LogP contribution is -2.34. The zero-order valence-electron chi connectivity index (χ0n) is 23.2. The molecule has 10 heteroatoms. The van der Waals surface area contributed by atoms with Gasteiger partial charge in [0.05, 0.1) is 13.0 Å². The van der Waals surface area contributed by atoms with Gasteiger partial charge >= 0.3 is 18.2 Å². The van der Waals surface area contributed by atoms with Crippen LogP contribution in [-0.2, 0) is 20.7 Å². The topological polar surface area (TPSA) is 79.0 Å². The molecule has 0 aliphatic carbocycles. The van der Waals surface area contributed by atoms with Gasteiger partial charge in [0.25, 0.3) is 0 Å². The van der Waals surface area contributed by atoms with E-state index in [1.165, 1.54) is 0 Å². The molecule has 1 fully saturated rings. The van der Waals surface area contributed by atoms with E-state index < -0.39 is 17.9 Å². The number of halogens is 3. The number of anilines is 3. The Morgan fingerprint density at radius 3 is 2.26 bits per heavy atom. The average molecular weight is 580 g/mol. The largest absolute Gasteiger partial charge is 0.466 e. The standard InChI is InChI=1S/C32H32F3N3O4/c1-2-42-29(39)19-27(21-6-4-3-5-7-21)22-10-12-25(13-11-22)37-16-17-38(31(37)41)26-14-15-28-23(18-26)8-9-24(20-36-28)30(40)32(33,34)35/h3-7,10-15,18,24,27,36H,2,8-9,16-17,19-20H2,1H3. The Bertz CT molecular complexity index is 1440. The maximum absolute atomic E-state index is 13.5. The third-order valence-electron chi connectivity index (χ3n) is 7.85. The van der Waals surface area contributed by atoms with Crippen LogP contribution in [0.15, 0.2) is 72.8 Å². The Morgan fingerprint density at radius 1 is 0.952 bits per heavy atom. The highest BCUT2D eigenvalue weighted by atomic mass is 19.4. The van der Waals surface area contributed by atoms with E-state index in [1.54, 1.807) is 28.9 Å². The van der Waals surface area contributed by atoms with Crippen molar-refractivity contribution >= 4 is 34.8 Å². The van der Waals surface area contributed by atoms with Crippen molar-refractivity contribution in [3.63, 3.8) is 0 Å². The third kappa shape index (κ3) is 6.27. The Balaban J connectivity index is 1.29. The monoisotopic (exact) mass is 579 g/mol. The summed E-state index contributed by atoms with van der Waals surface area (Å²) >= 11 is 0. The van der Waals surface area contributed by atoms with E-state index in [2.05, 4.69) is 5.32 Å². The summed E-state index contributed by atoms with van der Waals surface area (Å²) in [6, 6.07) is 22.4. The Kier molecular flexibility index (Phi) is 8.51. The highest BCUT2D eigenvalue weighted by molar-refractivity contribution is 6.06. The number of fused-ring (bicyclic) bond motifs is 1. The van der Waals surface area contributed by atoms with Crippen LogP contribution in [0.1, 0.15) is 42.4 Å². The molecule has 2 heterocycles. The highest BCUT2D eigenvalue weighted by Crippen LogP contribution is 2.34. The van der Waals surface area contributed by atoms with Gasteiger partial charge in [-0.25, -0.2) is 4.79 Å². The van der Waals surface area contributed by atoms with Crippen LogP contribution in [0.4, 0.5) is 35.0 Å². The molecule has 42 heavy (non-hydrogen) atoms. The van der Waals surface area contributed by atoms with Gasteiger partial charge in [0.1, 0.15) is 0 Å². The number of alkyl halides is 3. The number of ketones is 1. The summed E-state index contributed by atoms with van der Waals surface area (Å²) in [6.07, 6.45) is -4.29. The highest BCUT2D eigenvalue weighted by Gasteiger charge is 2.43. The molecule has 0 aromatic heterocycles. The second-order valence-electron chi connectivity index (χ2n) is 10.5. The van der Waals surface area contributed by atoms with Gasteiger partial charge in [-0.15, -0.1) is 0 Å². The number of hydrogen-bond donors (Lipinski definition) is 1. The van der Waals surface area contributed by atoms with E-state index in [4.69, 9.17) is 4.74 Å². The number of ether oxygens (including phenoxy) is 1. The number of rotatable bonds is 8. The lowest BCUT2D eigenvalue weighted by atomic mass is 9.88. The molecule has 1 saturated heterocycles. The van der Waals surface area contributed by atoms with Crippen LogP contribution in [0.3, 0.4) is 0 Å². The van der Waals surface area contributed by atoms with E-state index in [-0.39, 0.29) is 37.3 Å².